The number of methoxy groups -OCH3 is 1. The van der Waals surface area contributed by atoms with Crippen LogP contribution in [0.15, 0.2) is 24.4 Å². The van der Waals surface area contributed by atoms with Crippen LogP contribution in [0.3, 0.4) is 0 Å². The van der Waals surface area contributed by atoms with Crippen LogP contribution in [-0.2, 0) is 4.74 Å². The van der Waals surface area contributed by atoms with E-state index in [-0.39, 0.29) is 11.9 Å². The van der Waals surface area contributed by atoms with Gasteiger partial charge in [-0.1, -0.05) is 11.6 Å². The number of ether oxygens (including phenoxy) is 1. The second-order valence-electron chi connectivity index (χ2n) is 4.19. The molecular weight excluding hydrogens is 269 g/mol. The molecule has 1 atom stereocenters. The van der Waals surface area contributed by atoms with Crippen molar-refractivity contribution in [3.63, 3.8) is 0 Å². The fraction of sp³-hybridized carbons (Fsp3) is 0.308. The largest absolute Gasteiger partial charge is 0.385 e. The number of nitrogens with zero attached hydrogens (tertiary/aromatic N) is 1. The minimum absolute atomic E-state index is 0.229. The second-order valence-corrected chi connectivity index (χ2v) is 4.60. The molecule has 0 bridgehead atoms. The van der Waals surface area contributed by atoms with Crippen molar-refractivity contribution in [3.8, 4) is 11.3 Å². The molecule has 1 unspecified atom stereocenters. The third-order valence-corrected chi connectivity index (χ3v) is 3.11. The lowest BCUT2D eigenvalue weighted by molar-refractivity contribution is 0.187. The third-order valence-electron chi connectivity index (χ3n) is 2.80. The van der Waals surface area contributed by atoms with E-state index in [1.54, 1.807) is 19.4 Å². The summed E-state index contributed by atoms with van der Waals surface area (Å²) in [7, 11) is 1.62. The summed E-state index contributed by atoms with van der Waals surface area (Å²) in [6.07, 6.45) is 2.31. The molecule has 1 aromatic heterocycles. The number of H-pyrrole nitrogens is 1. The van der Waals surface area contributed by atoms with Gasteiger partial charge in [-0.05, 0) is 24.6 Å². The lowest BCUT2D eigenvalue weighted by Crippen LogP contribution is -2.14. The molecule has 1 aromatic carbocycles. The highest BCUT2D eigenvalue weighted by Gasteiger charge is 2.12. The van der Waals surface area contributed by atoms with Gasteiger partial charge in [-0.2, -0.15) is 0 Å². The summed E-state index contributed by atoms with van der Waals surface area (Å²) < 4.78 is 18.0. The summed E-state index contributed by atoms with van der Waals surface area (Å²) in [5.41, 5.74) is 7.38. The summed E-state index contributed by atoms with van der Waals surface area (Å²) in [6.45, 7) is 0.564. The molecule has 0 aliphatic heterocycles. The van der Waals surface area contributed by atoms with Crippen LogP contribution in [0.2, 0.25) is 5.02 Å². The number of aromatic nitrogens is 2. The first-order valence-electron chi connectivity index (χ1n) is 5.86. The van der Waals surface area contributed by atoms with Crippen LogP contribution in [-0.4, -0.2) is 23.7 Å². The lowest BCUT2D eigenvalue weighted by Gasteiger charge is -2.07. The zero-order chi connectivity index (χ0) is 13.8. The standard InChI is InChI=1S/C13H15ClFN3O/c1-19-5-4-11(16)13-17-7-12(18-13)9-3-2-8(15)6-10(9)14/h2-3,6-7,11H,4-5,16H2,1H3,(H,17,18). The second kappa shape index (κ2) is 6.14. The number of halogens is 2. The summed E-state index contributed by atoms with van der Waals surface area (Å²) >= 11 is 6.00. The van der Waals surface area contributed by atoms with Gasteiger partial charge < -0.3 is 15.5 Å². The van der Waals surface area contributed by atoms with Crippen LogP contribution in [0.25, 0.3) is 11.3 Å². The Kier molecular flexibility index (Phi) is 4.52. The molecule has 2 aromatic rings. The van der Waals surface area contributed by atoms with E-state index >= 15 is 0 Å². The average molecular weight is 284 g/mol. The highest BCUT2D eigenvalue weighted by atomic mass is 35.5. The molecule has 0 fully saturated rings. The minimum Gasteiger partial charge on any atom is -0.385 e. The van der Waals surface area contributed by atoms with Crippen LogP contribution in [0.5, 0.6) is 0 Å². The molecule has 0 aliphatic rings. The number of nitrogens with two attached hydrogens (primary N) is 1. The molecule has 19 heavy (non-hydrogen) atoms. The lowest BCUT2D eigenvalue weighted by atomic mass is 10.1. The predicted molar refractivity (Wildman–Crippen MR) is 72.4 cm³/mol. The van der Waals surface area contributed by atoms with Crippen LogP contribution in [0, 0.1) is 5.82 Å². The molecular formula is C13H15ClFN3O. The highest BCUT2D eigenvalue weighted by Crippen LogP contribution is 2.27. The molecule has 3 N–H and O–H groups in total. The van der Waals surface area contributed by atoms with Crippen molar-refractivity contribution in [2.24, 2.45) is 5.73 Å². The van der Waals surface area contributed by atoms with Gasteiger partial charge in [0.1, 0.15) is 11.6 Å². The predicted octanol–water partition coefficient (Wildman–Crippen LogP) is 2.91. The maximum atomic E-state index is 13.0. The Labute approximate surface area is 115 Å². The van der Waals surface area contributed by atoms with Crippen molar-refractivity contribution >= 4 is 11.6 Å². The quantitative estimate of drug-likeness (QED) is 0.887. The van der Waals surface area contributed by atoms with Gasteiger partial charge in [0.05, 0.1) is 23.0 Å². The SMILES string of the molecule is COCCC(N)c1ncc(-c2ccc(F)cc2Cl)[nH]1. The average Bonchev–Trinajstić information content (AvgIpc) is 2.85. The Balaban J connectivity index is 2.20. The maximum absolute atomic E-state index is 13.0. The zero-order valence-corrected chi connectivity index (χ0v) is 11.2. The molecule has 6 heteroatoms. The van der Waals surface area contributed by atoms with E-state index in [0.717, 1.165) is 0 Å². The highest BCUT2D eigenvalue weighted by molar-refractivity contribution is 6.33. The fourth-order valence-corrected chi connectivity index (χ4v) is 2.02. The van der Waals surface area contributed by atoms with Gasteiger partial charge in [0, 0.05) is 19.3 Å². The van der Waals surface area contributed by atoms with Gasteiger partial charge in [0.25, 0.3) is 0 Å². The first-order chi connectivity index (χ1) is 9.11. The Bertz CT molecular complexity index is 559. The third kappa shape index (κ3) is 3.32. The first kappa shape index (κ1) is 14.0. The number of aromatic amines is 1. The van der Waals surface area contributed by atoms with E-state index < -0.39 is 0 Å². The first-order valence-corrected chi connectivity index (χ1v) is 6.24. The van der Waals surface area contributed by atoms with Crippen molar-refractivity contribution in [1.29, 1.82) is 0 Å². The van der Waals surface area contributed by atoms with E-state index in [9.17, 15) is 4.39 Å². The molecule has 4 nitrogen and oxygen atoms in total. The number of rotatable bonds is 5. The number of hydrogen-bond donors (Lipinski definition) is 2. The summed E-state index contributed by atoms with van der Waals surface area (Å²) in [5.74, 6) is 0.290. The molecule has 0 spiro atoms. The summed E-state index contributed by atoms with van der Waals surface area (Å²) in [5, 5.41) is 0.334. The fourth-order valence-electron chi connectivity index (χ4n) is 1.75. The topological polar surface area (TPSA) is 63.9 Å². The molecule has 0 saturated carbocycles. The van der Waals surface area contributed by atoms with Crippen LogP contribution in [0.1, 0.15) is 18.3 Å². The minimum atomic E-state index is -0.370. The smallest absolute Gasteiger partial charge is 0.124 e. The van der Waals surface area contributed by atoms with Gasteiger partial charge in [-0.3, -0.25) is 0 Å². The molecule has 0 saturated heterocycles. The van der Waals surface area contributed by atoms with Crippen molar-refractivity contribution < 1.29 is 9.13 Å². The van der Waals surface area contributed by atoms with E-state index in [4.69, 9.17) is 22.1 Å². The Morgan fingerprint density at radius 3 is 3.00 bits per heavy atom. The van der Waals surface area contributed by atoms with Crippen molar-refractivity contribution in [2.75, 3.05) is 13.7 Å². The number of hydrogen-bond acceptors (Lipinski definition) is 3. The molecule has 0 aliphatic carbocycles. The van der Waals surface area contributed by atoms with Crippen LogP contribution < -0.4 is 5.73 Å². The van der Waals surface area contributed by atoms with Gasteiger partial charge in [-0.25, -0.2) is 9.37 Å². The van der Waals surface area contributed by atoms with Crippen LogP contribution in [0.4, 0.5) is 4.39 Å². The number of benzene rings is 1. The maximum Gasteiger partial charge on any atom is 0.124 e. The number of imidazole rings is 1. The molecule has 0 radical (unpaired) electrons. The normalized spacial score (nSPS) is 12.6. The summed E-state index contributed by atoms with van der Waals surface area (Å²) in [6, 6.07) is 4.00. The van der Waals surface area contributed by atoms with Gasteiger partial charge in [0.15, 0.2) is 0 Å². The Morgan fingerprint density at radius 2 is 2.32 bits per heavy atom. The van der Waals surface area contributed by atoms with E-state index in [0.29, 0.717) is 35.1 Å². The van der Waals surface area contributed by atoms with Gasteiger partial charge in [0.2, 0.25) is 0 Å². The van der Waals surface area contributed by atoms with E-state index in [2.05, 4.69) is 9.97 Å². The molecule has 1 heterocycles. The van der Waals surface area contributed by atoms with Crippen molar-refractivity contribution in [2.45, 2.75) is 12.5 Å². The van der Waals surface area contributed by atoms with Gasteiger partial charge in [-0.15, -0.1) is 0 Å². The number of nitrogens with one attached hydrogen (secondary N) is 1. The van der Waals surface area contributed by atoms with Crippen LogP contribution >= 0.6 is 11.6 Å². The van der Waals surface area contributed by atoms with E-state index in [1.165, 1.54) is 12.1 Å². The van der Waals surface area contributed by atoms with Crippen molar-refractivity contribution in [1.82, 2.24) is 9.97 Å². The zero-order valence-electron chi connectivity index (χ0n) is 10.5. The van der Waals surface area contributed by atoms with E-state index in [1.807, 2.05) is 0 Å². The Morgan fingerprint density at radius 1 is 1.53 bits per heavy atom. The van der Waals surface area contributed by atoms with Crippen molar-refractivity contribution in [3.05, 3.63) is 41.1 Å². The molecule has 0 amide bonds. The monoisotopic (exact) mass is 283 g/mol. The summed E-state index contributed by atoms with van der Waals surface area (Å²) in [4.78, 5) is 7.32. The Hall–Kier alpha value is -1.43. The molecule has 102 valence electrons. The molecule has 2 rings (SSSR count). The van der Waals surface area contributed by atoms with Gasteiger partial charge >= 0.3 is 0 Å².